The van der Waals surface area contributed by atoms with Crippen molar-refractivity contribution in [2.75, 3.05) is 4.90 Å². The average molecular weight is 608 g/mol. The second kappa shape index (κ2) is 10.7. The minimum absolute atomic E-state index is 0.0584. The van der Waals surface area contributed by atoms with E-state index in [1.165, 1.54) is 77.4 Å². The molecule has 0 spiro atoms. The van der Waals surface area contributed by atoms with Crippen molar-refractivity contribution in [2.45, 2.75) is 52.4 Å². The van der Waals surface area contributed by atoms with Crippen molar-refractivity contribution in [3.63, 3.8) is 0 Å². The maximum atomic E-state index is 2.41. The van der Waals surface area contributed by atoms with Gasteiger partial charge in [-0.1, -0.05) is 114 Å². The molecule has 0 heterocycles. The zero-order chi connectivity index (χ0) is 32.5. The van der Waals surface area contributed by atoms with Crippen LogP contribution in [0.25, 0.3) is 54.9 Å². The van der Waals surface area contributed by atoms with E-state index in [4.69, 9.17) is 0 Å². The van der Waals surface area contributed by atoms with Crippen molar-refractivity contribution < 1.29 is 0 Å². The van der Waals surface area contributed by atoms with Crippen LogP contribution in [-0.2, 0) is 10.8 Å². The maximum Gasteiger partial charge on any atom is 0.0468 e. The molecule has 0 aromatic heterocycles. The smallest absolute Gasteiger partial charge is 0.0468 e. The van der Waals surface area contributed by atoms with Gasteiger partial charge in [0.1, 0.15) is 0 Å². The minimum atomic E-state index is 0.0584. The molecular formula is C46H41N. The fourth-order valence-corrected chi connectivity index (χ4v) is 7.03. The highest BCUT2D eigenvalue weighted by Crippen LogP contribution is 2.51. The van der Waals surface area contributed by atoms with E-state index in [0.29, 0.717) is 0 Å². The van der Waals surface area contributed by atoms with E-state index in [-0.39, 0.29) is 10.8 Å². The molecule has 1 aliphatic carbocycles. The molecule has 230 valence electrons. The number of fused-ring (bicyclic) bond motifs is 6. The van der Waals surface area contributed by atoms with Crippen LogP contribution >= 0.6 is 0 Å². The molecule has 0 radical (unpaired) electrons. The molecule has 47 heavy (non-hydrogen) atoms. The Hall–Kier alpha value is -5.14. The largest absolute Gasteiger partial charge is 0.310 e. The van der Waals surface area contributed by atoms with Crippen molar-refractivity contribution in [3.05, 3.63) is 151 Å². The van der Waals surface area contributed by atoms with Gasteiger partial charge in [0.2, 0.25) is 0 Å². The van der Waals surface area contributed by atoms with Crippen molar-refractivity contribution in [3.8, 4) is 33.4 Å². The van der Waals surface area contributed by atoms with Gasteiger partial charge in [-0.3, -0.25) is 0 Å². The fraction of sp³-hybridized carbons (Fsp3) is 0.174. The first kappa shape index (κ1) is 29.3. The summed E-state index contributed by atoms with van der Waals surface area (Å²) in [5.74, 6) is 0. The maximum absolute atomic E-state index is 2.41. The third kappa shape index (κ3) is 5.21. The zero-order valence-corrected chi connectivity index (χ0v) is 28.2. The van der Waals surface area contributed by atoms with Gasteiger partial charge in [-0.05, 0) is 144 Å². The Morgan fingerprint density at radius 1 is 0.340 bits per heavy atom. The molecule has 0 unspecified atom stereocenters. The summed E-state index contributed by atoms with van der Waals surface area (Å²) in [6.45, 7) is 13.7. The third-order valence-corrected chi connectivity index (χ3v) is 9.84. The van der Waals surface area contributed by atoms with Gasteiger partial charge >= 0.3 is 0 Å². The van der Waals surface area contributed by atoms with E-state index in [1.54, 1.807) is 0 Å². The molecular weight excluding hydrogens is 567 g/mol. The van der Waals surface area contributed by atoms with Crippen LogP contribution in [-0.4, -0.2) is 0 Å². The highest BCUT2D eigenvalue weighted by Gasteiger charge is 2.25. The van der Waals surface area contributed by atoms with Gasteiger partial charge < -0.3 is 4.90 Å². The molecule has 0 N–H and O–H groups in total. The molecule has 0 saturated heterocycles. The Morgan fingerprint density at radius 3 is 1.49 bits per heavy atom. The molecule has 1 heteroatoms. The molecule has 0 saturated carbocycles. The lowest BCUT2D eigenvalue weighted by molar-refractivity contribution is 0.590. The molecule has 1 aliphatic rings. The quantitative estimate of drug-likeness (QED) is 0.192. The van der Waals surface area contributed by atoms with Crippen LogP contribution < -0.4 is 4.90 Å². The van der Waals surface area contributed by atoms with E-state index in [1.807, 2.05) is 0 Å². The molecule has 8 rings (SSSR count). The van der Waals surface area contributed by atoms with Gasteiger partial charge in [-0.15, -0.1) is 0 Å². The van der Waals surface area contributed by atoms with Gasteiger partial charge in [-0.25, -0.2) is 0 Å². The van der Waals surface area contributed by atoms with Crippen LogP contribution in [0.1, 0.15) is 52.7 Å². The number of rotatable bonds is 4. The SMILES string of the molecule is CC(C)(C)c1ccc(N(c2cccc(C(C)(C)C)c2)c2ccc3cc4c(cc3c2)-c2cc3cc(-c5ccccc5)ccc3cc2-4)cc1. The zero-order valence-electron chi connectivity index (χ0n) is 28.2. The number of hydrogen-bond donors (Lipinski definition) is 0. The van der Waals surface area contributed by atoms with Crippen molar-refractivity contribution in [1.29, 1.82) is 0 Å². The second-order valence-electron chi connectivity index (χ2n) is 15.2. The number of anilines is 3. The number of hydrogen-bond acceptors (Lipinski definition) is 1. The lowest BCUT2D eigenvalue weighted by atomic mass is 9.77. The van der Waals surface area contributed by atoms with Gasteiger partial charge in [0.15, 0.2) is 0 Å². The van der Waals surface area contributed by atoms with E-state index in [9.17, 15) is 0 Å². The minimum Gasteiger partial charge on any atom is -0.310 e. The van der Waals surface area contributed by atoms with Gasteiger partial charge in [0.05, 0.1) is 0 Å². The second-order valence-corrected chi connectivity index (χ2v) is 15.2. The number of benzene rings is 7. The van der Waals surface area contributed by atoms with Crippen molar-refractivity contribution in [1.82, 2.24) is 0 Å². The normalized spacial score (nSPS) is 12.5. The predicted octanol–water partition coefficient (Wildman–Crippen LogP) is 13.4. The molecule has 0 fully saturated rings. The van der Waals surface area contributed by atoms with Gasteiger partial charge in [-0.2, -0.15) is 0 Å². The lowest BCUT2D eigenvalue weighted by Gasteiger charge is -2.29. The molecule has 7 aromatic rings. The Labute approximate surface area is 279 Å². The van der Waals surface area contributed by atoms with Crippen LogP contribution in [0.3, 0.4) is 0 Å². The Bertz CT molecular complexity index is 2290. The van der Waals surface area contributed by atoms with Crippen molar-refractivity contribution >= 4 is 38.6 Å². The Kier molecular flexibility index (Phi) is 6.67. The van der Waals surface area contributed by atoms with Crippen LogP contribution in [0, 0.1) is 0 Å². The van der Waals surface area contributed by atoms with E-state index in [2.05, 4.69) is 186 Å². The third-order valence-electron chi connectivity index (χ3n) is 9.84. The molecule has 0 atom stereocenters. The van der Waals surface area contributed by atoms with Crippen LogP contribution in [0.15, 0.2) is 140 Å². The monoisotopic (exact) mass is 607 g/mol. The molecule has 0 amide bonds. The molecule has 7 aromatic carbocycles. The highest BCUT2D eigenvalue weighted by molar-refractivity contribution is 6.12. The molecule has 0 bridgehead atoms. The topological polar surface area (TPSA) is 3.24 Å². The number of nitrogens with zero attached hydrogens (tertiary/aromatic N) is 1. The summed E-state index contributed by atoms with van der Waals surface area (Å²) in [5, 5.41) is 5.10. The van der Waals surface area contributed by atoms with E-state index < -0.39 is 0 Å². The fourth-order valence-electron chi connectivity index (χ4n) is 7.03. The van der Waals surface area contributed by atoms with Gasteiger partial charge in [0, 0.05) is 17.1 Å². The van der Waals surface area contributed by atoms with Gasteiger partial charge in [0.25, 0.3) is 0 Å². The van der Waals surface area contributed by atoms with Crippen LogP contribution in [0.5, 0.6) is 0 Å². The summed E-state index contributed by atoms with van der Waals surface area (Å²) < 4.78 is 0. The van der Waals surface area contributed by atoms with Crippen molar-refractivity contribution in [2.24, 2.45) is 0 Å². The van der Waals surface area contributed by atoms with Crippen LogP contribution in [0.2, 0.25) is 0 Å². The first-order chi connectivity index (χ1) is 22.5. The summed E-state index contributed by atoms with van der Waals surface area (Å²) in [6.07, 6.45) is 0. The summed E-state index contributed by atoms with van der Waals surface area (Å²) in [7, 11) is 0. The van der Waals surface area contributed by atoms with Crippen LogP contribution in [0.4, 0.5) is 17.1 Å². The molecule has 0 aliphatic heterocycles. The van der Waals surface area contributed by atoms with E-state index in [0.717, 1.165) is 5.69 Å². The predicted molar refractivity (Wildman–Crippen MR) is 203 cm³/mol. The highest BCUT2D eigenvalue weighted by atomic mass is 15.1. The molecule has 1 nitrogen and oxygen atoms in total. The summed E-state index contributed by atoms with van der Waals surface area (Å²) >= 11 is 0. The average Bonchev–Trinajstić information content (AvgIpc) is 3.06. The Balaban J connectivity index is 1.22. The summed E-state index contributed by atoms with van der Waals surface area (Å²) in [4.78, 5) is 2.41. The van der Waals surface area contributed by atoms with E-state index >= 15 is 0 Å². The Morgan fingerprint density at radius 2 is 0.872 bits per heavy atom. The first-order valence-corrected chi connectivity index (χ1v) is 16.8. The summed E-state index contributed by atoms with van der Waals surface area (Å²) in [6, 6.07) is 52.1. The summed E-state index contributed by atoms with van der Waals surface area (Å²) in [5.41, 5.74) is 14.2. The standard InChI is InChI=1S/C46H41N/c1-45(2,3)36-18-21-38(22-19-36)47(39-14-10-13-37(29-39)46(4,5)6)40-20-17-33-26-42-41-25-32-16-15-31(30-11-8-7-9-12-30)23-34(32)27-43(41)44(42)28-35(33)24-40/h7-29H,1-6H3. The lowest BCUT2D eigenvalue weighted by Crippen LogP contribution is -2.15. The first-order valence-electron chi connectivity index (χ1n) is 16.8.